The first-order valence-corrected chi connectivity index (χ1v) is 11.6. The van der Waals surface area contributed by atoms with Crippen molar-refractivity contribution in [2.75, 3.05) is 32.7 Å². The minimum Gasteiger partial charge on any atom is -0.338 e. The van der Waals surface area contributed by atoms with Gasteiger partial charge in [0.15, 0.2) is 0 Å². The SMILES string of the molecule is O=C(CN1C(=O)CCC1=O)N1CCN(C(=O)c2cccc(-n3nccc3-c3ccccc3)c2)CC1. The van der Waals surface area contributed by atoms with Gasteiger partial charge in [-0.25, -0.2) is 4.68 Å². The van der Waals surface area contributed by atoms with Gasteiger partial charge < -0.3 is 9.80 Å². The zero-order valence-electron chi connectivity index (χ0n) is 19.2. The summed E-state index contributed by atoms with van der Waals surface area (Å²) < 4.78 is 1.81. The third-order valence-electron chi connectivity index (χ3n) is 6.42. The van der Waals surface area contributed by atoms with E-state index in [1.807, 2.05) is 59.3 Å². The molecular weight excluding hydrogens is 446 g/mol. The predicted octanol–water partition coefficient (Wildman–Crippen LogP) is 1.97. The second-order valence-corrected chi connectivity index (χ2v) is 8.59. The number of carbonyl (C=O) groups is 4. The zero-order valence-corrected chi connectivity index (χ0v) is 19.2. The number of nitrogens with zero attached hydrogens (tertiary/aromatic N) is 5. The maximum atomic E-state index is 13.2. The Kier molecular flexibility index (Phi) is 6.13. The molecule has 0 aliphatic carbocycles. The molecule has 0 N–H and O–H groups in total. The molecule has 3 aromatic rings. The molecule has 2 aliphatic heterocycles. The predicted molar refractivity (Wildman–Crippen MR) is 127 cm³/mol. The standard InChI is InChI=1S/C26H25N5O4/c32-23-9-10-24(33)30(23)18-25(34)28-13-15-29(16-14-28)26(35)20-7-4-8-21(17-20)31-22(11-12-27-31)19-5-2-1-3-6-19/h1-8,11-12,17H,9-10,13-16,18H2. The van der Waals surface area contributed by atoms with Crippen molar-refractivity contribution in [2.24, 2.45) is 0 Å². The fourth-order valence-corrected chi connectivity index (χ4v) is 4.48. The molecule has 2 fully saturated rings. The lowest BCUT2D eigenvalue weighted by atomic mass is 10.1. The van der Waals surface area contributed by atoms with Crippen molar-refractivity contribution in [3.05, 3.63) is 72.4 Å². The minimum absolute atomic E-state index is 0.114. The maximum absolute atomic E-state index is 13.2. The highest BCUT2D eigenvalue weighted by atomic mass is 16.2. The lowest BCUT2D eigenvalue weighted by Gasteiger charge is -2.35. The van der Waals surface area contributed by atoms with Gasteiger partial charge in [0.25, 0.3) is 5.91 Å². The third-order valence-corrected chi connectivity index (χ3v) is 6.42. The van der Waals surface area contributed by atoms with Crippen LogP contribution in [0.3, 0.4) is 0 Å². The maximum Gasteiger partial charge on any atom is 0.254 e. The first-order chi connectivity index (χ1) is 17.0. The number of amides is 4. The van der Waals surface area contributed by atoms with Gasteiger partial charge in [-0.1, -0.05) is 36.4 Å². The number of benzene rings is 2. The van der Waals surface area contributed by atoms with Crippen molar-refractivity contribution >= 4 is 23.6 Å². The number of likely N-dealkylation sites (tertiary alicyclic amines) is 1. The molecule has 9 heteroatoms. The molecule has 0 spiro atoms. The average Bonchev–Trinajstić information content (AvgIpc) is 3.52. The Labute approximate surface area is 202 Å². The van der Waals surface area contributed by atoms with Crippen LogP contribution in [-0.4, -0.2) is 80.8 Å². The largest absolute Gasteiger partial charge is 0.338 e. The van der Waals surface area contributed by atoms with Crippen molar-refractivity contribution in [3.8, 4) is 16.9 Å². The van der Waals surface area contributed by atoms with Gasteiger partial charge in [0.1, 0.15) is 6.54 Å². The summed E-state index contributed by atoms with van der Waals surface area (Å²) in [6.45, 7) is 1.26. The molecule has 2 aromatic carbocycles. The van der Waals surface area contributed by atoms with Crippen LogP contribution in [0.4, 0.5) is 0 Å². The number of imide groups is 1. The zero-order chi connectivity index (χ0) is 24.4. The van der Waals surface area contributed by atoms with Gasteiger partial charge in [-0.3, -0.25) is 24.1 Å². The Hall–Kier alpha value is -4.27. The Bertz CT molecular complexity index is 1260. The first kappa shape index (κ1) is 22.5. The van der Waals surface area contributed by atoms with E-state index in [1.54, 1.807) is 22.1 Å². The van der Waals surface area contributed by atoms with Crippen LogP contribution >= 0.6 is 0 Å². The molecule has 2 aliphatic rings. The fraction of sp³-hybridized carbons (Fsp3) is 0.269. The van der Waals surface area contributed by atoms with Gasteiger partial charge in [-0.05, 0) is 24.3 Å². The van der Waals surface area contributed by atoms with E-state index in [2.05, 4.69) is 5.10 Å². The summed E-state index contributed by atoms with van der Waals surface area (Å²) in [4.78, 5) is 53.7. The number of carbonyl (C=O) groups excluding carboxylic acids is 4. The molecule has 0 saturated carbocycles. The van der Waals surface area contributed by atoms with Crippen LogP contribution in [0.25, 0.3) is 16.9 Å². The summed E-state index contributed by atoms with van der Waals surface area (Å²) in [6, 6.07) is 19.2. The third kappa shape index (κ3) is 4.57. The van der Waals surface area contributed by atoms with Crippen molar-refractivity contribution in [2.45, 2.75) is 12.8 Å². The van der Waals surface area contributed by atoms with E-state index in [1.165, 1.54) is 0 Å². The summed E-state index contributed by atoms with van der Waals surface area (Å²) >= 11 is 0. The van der Waals surface area contributed by atoms with Crippen LogP contribution in [0, 0.1) is 0 Å². The molecule has 4 amide bonds. The summed E-state index contributed by atoms with van der Waals surface area (Å²) in [5, 5.41) is 4.45. The molecular formula is C26H25N5O4. The molecule has 0 atom stereocenters. The van der Waals surface area contributed by atoms with Gasteiger partial charge in [0, 0.05) is 50.1 Å². The summed E-state index contributed by atoms with van der Waals surface area (Å²) in [5.41, 5.74) is 3.29. The highest BCUT2D eigenvalue weighted by Crippen LogP contribution is 2.23. The first-order valence-electron chi connectivity index (χ1n) is 11.6. The molecule has 0 unspecified atom stereocenters. The molecule has 1 aromatic heterocycles. The lowest BCUT2D eigenvalue weighted by Crippen LogP contribution is -2.53. The van der Waals surface area contributed by atoms with Crippen LogP contribution in [0.5, 0.6) is 0 Å². The van der Waals surface area contributed by atoms with Gasteiger partial charge in [0.2, 0.25) is 17.7 Å². The summed E-state index contributed by atoms with van der Waals surface area (Å²) in [6.07, 6.45) is 2.06. The van der Waals surface area contributed by atoms with Gasteiger partial charge in [0.05, 0.1) is 17.6 Å². The molecule has 0 bridgehead atoms. The van der Waals surface area contributed by atoms with Crippen molar-refractivity contribution < 1.29 is 19.2 Å². The van der Waals surface area contributed by atoms with Crippen molar-refractivity contribution in [3.63, 3.8) is 0 Å². The van der Waals surface area contributed by atoms with E-state index >= 15 is 0 Å². The number of hydrogen-bond donors (Lipinski definition) is 0. The Morgan fingerprint density at radius 2 is 1.49 bits per heavy atom. The fourth-order valence-electron chi connectivity index (χ4n) is 4.48. The van der Waals surface area contributed by atoms with E-state index in [0.29, 0.717) is 31.7 Å². The topological polar surface area (TPSA) is 95.8 Å². The summed E-state index contributed by atoms with van der Waals surface area (Å²) in [7, 11) is 0. The van der Waals surface area contributed by atoms with E-state index in [-0.39, 0.29) is 43.0 Å². The molecule has 0 radical (unpaired) electrons. The Morgan fingerprint density at radius 1 is 0.800 bits per heavy atom. The van der Waals surface area contributed by atoms with Gasteiger partial charge >= 0.3 is 0 Å². The van der Waals surface area contributed by atoms with Gasteiger partial charge in [-0.2, -0.15) is 5.10 Å². The molecule has 2 saturated heterocycles. The number of hydrogen-bond acceptors (Lipinski definition) is 5. The number of piperazine rings is 1. The monoisotopic (exact) mass is 471 g/mol. The van der Waals surface area contributed by atoms with Crippen LogP contribution in [0.1, 0.15) is 23.2 Å². The quantitative estimate of drug-likeness (QED) is 0.530. The average molecular weight is 472 g/mol. The van der Waals surface area contributed by atoms with E-state index in [9.17, 15) is 19.2 Å². The highest BCUT2D eigenvalue weighted by Gasteiger charge is 2.33. The van der Waals surface area contributed by atoms with Crippen molar-refractivity contribution in [1.29, 1.82) is 0 Å². The van der Waals surface area contributed by atoms with E-state index in [4.69, 9.17) is 0 Å². The number of aromatic nitrogens is 2. The highest BCUT2D eigenvalue weighted by molar-refractivity contribution is 6.04. The van der Waals surface area contributed by atoms with Crippen LogP contribution in [-0.2, 0) is 14.4 Å². The lowest BCUT2D eigenvalue weighted by molar-refractivity contribution is -0.146. The molecule has 35 heavy (non-hydrogen) atoms. The Balaban J connectivity index is 1.24. The van der Waals surface area contributed by atoms with Gasteiger partial charge in [-0.15, -0.1) is 0 Å². The minimum atomic E-state index is -0.301. The van der Waals surface area contributed by atoms with Crippen LogP contribution in [0.15, 0.2) is 66.9 Å². The second-order valence-electron chi connectivity index (χ2n) is 8.59. The normalized spacial score (nSPS) is 16.2. The Morgan fingerprint density at radius 3 is 2.20 bits per heavy atom. The summed E-state index contributed by atoms with van der Waals surface area (Å²) in [5.74, 6) is -0.985. The number of rotatable bonds is 5. The molecule has 9 nitrogen and oxygen atoms in total. The second kappa shape index (κ2) is 9.54. The molecule has 178 valence electrons. The van der Waals surface area contributed by atoms with Crippen LogP contribution in [0.2, 0.25) is 0 Å². The van der Waals surface area contributed by atoms with E-state index in [0.717, 1.165) is 21.8 Å². The van der Waals surface area contributed by atoms with Crippen LogP contribution < -0.4 is 0 Å². The molecule has 3 heterocycles. The smallest absolute Gasteiger partial charge is 0.254 e. The van der Waals surface area contributed by atoms with Crippen molar-refractivity contribution in [1.82, 2.24) is 24.5 Å². The molecule has 5 rings (SSSR count). The van der Waals surface area contributed by atoms with E-state index < -0.39 is 0 Å².